The summed E-state index contributed by atoms with van der Waals surface area (Å²) in [6.45, 7) is 2.50. The molecule has 0 N–H and O–H groups in total. The lowest BCUT2D eigenvalue weighted by Crippen LogP contribution is -2.48. The van der Waals surface area contributed by atoms with E-state index in [9.17, 15) is 19.7 Å². The first-order valence-electron chi connectivity index (χ1n) is 7.84. The van der Waals surface area contributed by atoms with Crippen LogP contribution in [0.2, 0.25) is 0 Å². The Morgan fingerprint density at radius 1 is 1.50 bits per heavy atom. The number of carbonyl (C=O) groups is 2. The molecule has 1 fully saturated rings. The predicted molar refractivity (Wildman–Crippen MR) is 87.0 cm³/mol. The summed E-state index contributed by atoms with van der Waals surface area (Å²) in [4.78, 5) is 36.1. The van der Waals surface area contributed by atoms with E-state index >= 15 is 0 Å². The van der Waals surface area contributed by atoms with Crippen LogP contribution in [-0.4, -0.2) is 40.9 Å². The first kappa shape index (κ1) is 17.7. The van der Waals surface area contributed by atoms with Crippen molar-refractivity contribution in [3.8, 4) is 0 Å². The Kier molecular flexibility index (Phi) is 6.06. The van der Waals surface area contributed by atoms with E-state index in [1.54, 1.807) is 13.0 Å². The zero-order valence-corrected chi connectivity index (χ0v) is 13.4. The van der Waals surface area contributed by atoms with Gasteiger partial charge < -0.3 is 9.64 Å². The van der Waals surface area contributed by atoms with Gasteiger partial charge in [-0.2, -0.15) is 0 Å². The number of piperidine rings is 1. The second kappa shape index (κ2) is 8.24. The molecule has 1 heterocycles. The van der Waals surface area contributed by atoms with Crippen LogP contribution in [0.4, 0.5) is 5.69 Å². The van der Waals surface area contributed by atoms with E-state index in [-0.39, 0.29) is 24.2 Å². The smallest absolute Gasteiger partial charge is 0.328 e. The molecule has 7 nitrogen and oxygen atoms in total. The van der Waals surface area contributed by atoms with E-state index in [2.05, 4.69) is 6.07 Å². The quantitative estimate of drug-likeness (QED) is 0.357. The van der Waals surface area contributed by atoms with Crippen LogP contribution in [0.25, 0.3) is 6.08 Å². The fraction of sp³-hybridized carbons (Fsp3) is 0.412. The number of esters is 1. The molecule has 1 unspecified atom stereocenters. The van der Waals surface area contributed by atoms with Gasteiger partial charge in [0.2, 0.25) is 5.91 Å². The molecule has 7 heteroatoms. The fourth-order valence-electron chi connectivity index (χ4n) is 2.62. The van der Waals surface area contributed by atoms with Gasteiger partial charge in [0.05, 0.1) is 17.6 Å². The summed E-state index contributed by atoms with van der Waals surface area (Å²) in [5.41, 5.74) is 0.366. The van der Waals surface area contributed by atoms with Gasteiger partial charge in [-0.3, -0.25) is 14.9 Å². The van der Waals surface area contributed by atoms with Crippen LogP contribution in [0.5, 0.6) is 0 Å². The molecule has 2 rings (SSSR count). The molecule has 1 saturated heterocycles. The third kappa shape index (κ3) is 4.41. The van der Waals surface area contributed by atoms with E-state index in [0.29, 0.717) is 18.5 Å². The highest BCUT2D eigenvalue weighted by molar-refractivity contribution is 5.94. The molecule has 1 aromatic rings. The van der Waals surface area contributed by atoms with Crippen molar-refractivity contribution in [2.45, 2.75) is 32.2 Å². The zero-order chi connectivity index (χ0) is 17.5. The van der Waals surface area contributed by atoms with Crippen LogP contribution >= 0.6 is 0 Å². The molecule has 1 atom stereocenters. The number of hydrogen-bond acceptors (Lipinski definition) is 5. The topological polar surface area (TPSA) is 89.8 Å². The highest BCUT2D eigenvalue weighted by atomic mass is 16.6. The lowest BCUT2D eigenvalue weighted by Gasteiger charge is -2.33. The van der Waals surface area contributed by atoms with E-state index in [0.717, 1.165) is 12.8 Å². The Bertz CT molecular complexity index is 656. The summed E-state index contributed by atoms with van der Waals surface area (Å²) >= 11 is 0. The van der Waals surface area contributed by atoms with Crippen molar-refractivity contribution in [3.63, 3.8) is 0 Å². The van der Waals surface area contributed by atoms with Crippen LogP contribution in [0.1, 0.15) is 31.7 Å². The molecule has 0 bridgehead atoms. The molecule has 1 aliphatic rings. The number of carbonyl (C=O) groups excluding carboxylic acids is 2. The SMILES string of the molecule is CCOC(=O)C1CCCCN1C(=O)/C=C/c1cc[c]c([N+](=O)[O-])c1. The molecule has 0 aromatic heterocycles. The summed E-state index contributed by atoms with van der Waals surface area (Å²) in [6.07, 6.45) is 5.12. The van der Waals surface area contributed by atoms with Gasteiger partial charge in [-0.1, -0.05) is 6.07 Å². The standard InChI is InChI=1S/C17H19N2O5/c1-2-24-17(21)15-8-3-4-11-18(15)16(20)10-9-13-6-5-7-14(12-13)19(22)23/h5-6,9-10,12,15H,2-4,8,11H2,1H3/b10-9+. The molecule has 0 aliphatic carbocycles. The van der Waals surface area contributed by atoms with Crippen molar-refractivity contribution in [2.24, 2.45) is 0 Å². The van der Waals surface area contributed by atoms with Crippen molar-refractivity contribution in [3.05, 3.63) is 46.0 Å². The van der Waals surface area contributed by atoms with Crippen molar-refractivity contribution in [1.82, 2.24) is 4.90 Å². The van der Waals surface area contributed by atoms with Gasteiger partial charge in [-0.25, -0.2) is 4.79 Å². The van der Waals surface area contributed by atoms with Gasteiger partial charge >= 0.3 is 5.97 Å². The number of rotatable bonds is 5. The molecule has 0 saturated carbocycles. The minimum atomic E-state index is -0.561. The maximum absolute atomic E-state index is 12.4. The number of nitro groups is 1. The Balaban J connectivity index is 2.10. The maximum Gasteiger partial charge on any atom is 0.328 e. The van der Waals surface area contributed by atoms with Gasteiger partial charge in [0, 0.05) is 18.7 Å². The zero-order valence-electron chi connectivity index (χ0n) is 13.4. The highest BCUT2D eigenvalue weighted by Crippen LogP contribution is 2.19. The van der Waals surface area contributed by atoms with E-state index in [1.165, 1.54) is 29.2 Å². The molecule has 0 spiro atoms. The van der Waals surface area contributed by atoms with E-state index < -0.39 is 11.0 Å². The van der Waals surface area contributed by atoms with Crippen LogP contribution in [0.3, 0.4) is 0 Å². The molecule has 1 amide bonds. The van der Waals surface area contributed by atoms with Crippen molar-refractivity contribution < 1.29 is 19.2 Å². The van der Waals surface area contributed by atoms with Gasteiger partial charge in [0.25, 0.3) is 5.69 Å². The number of amides is 1. The van der Waals surface area contributed by atoms with Crippen molar-refractivity contribution >= 4 is 23.6 Å². The highest BCUT2D eigenvalue weighted by Gasteiger charge is 2.32. The second-order valence-electron chi connectivity index (χ2n) is 5.39. The monoisotopic (exact) mass is 331 g/mol. The maximum atomic E-state index is 12.4. The second-order valence-corrected chi connectivity index (χ2v) is 5.39. The van der Waals surface area contributed by atoms with Gasteiger partial charge in [-0.05, 0) is 43.9 Å². The van der Waals surface area contributed by atoms with Gasteiger partial charge in [0.1, 0.15) is 6.04 Å². The molecule has 1 aromatic carbocycles. The normalized spacial score (nSPS) is 17.7. The van der Waals surface area contributed by atoms with E-state index in [4.69, 9.17) is 4.74 Å². The summed E-state index contributed by atoms with van der Waals surface area (Å²) in [5, 5.41) is 10.7. The third-order valence-corrected chi connectivity index (χ3v) is 3.77. The summed E-state index contributed by atoms with van der Waals surface area (Å²) in [6, 6.07) is 6.34. The lowest BCUT2D eigenvalue weighted by molar-refractivity contribution is -0.385. The van der Waals surface area contributed by atoms with Crippen LogP contribution in [-0.2, 0) is 14.3 Å². The number of ether oxygens (including phenoxy) is 1. The van der Waals surface area contributed by atoms with E-state index in [1.807, 2.05) is 0 Å². The number of hydrogen-bond donors (Lipinski definition) is 0. The Hall–Kier alpha value is -2.70. The predicted octanol–water partition coefficient (Wildman–Crippen LogP) is 2.35. The number of nitro benzene ring substituents is 1. The third-order valence-electron chi connectivity index (χ3n) is 3.77. The number of benzene rings is 1. The molecule has 24 heavy (non-hydrogen) atoms. The molecule has 127 valence electrons. The minimum absolute atomic E-state index is 0.160. The van der Waals surface area contributed by atoms with Crippen molar-refractivity contribution in [1.29, 1.82) is 0 Å². The summed E-state index contributed by atoms with van der Waals surface area (Å²) in [5.74, 6) is -0.688. The van der Waals surface area contributed by atoms with Crippen LogP contribution < -0.4 is 0 Å². The van der Waals surface area contributed by atoms with Crippen LogP contribution in [0, 0.1) is 16.2 Å². The van der Waals surface area contributed by atoms with Crippen LogP contribution in [0.15, 0.2) is 24.3 Å². The first-order valence-corrected chi connectivity index (χ1v) is 7.84. The van der Waals surface area contributed by atoms with Gasteiger partial charge in [-0.15, -0.1) is 0 Å². The average molecular weight is 331 g/mol. The number of nitrogens with zero attached hydrogens (tertiary/aromatic N) is 2. The molecular weight excluding hydrogens is 312 g/mol. The lowest BCUT2D eigenvalue weighted by atomic mass is 10.0. The van der Waals surface area contributed by atoms with Crippen molar-refractivity contribution in [2.75, 3.05) is 13.2 Å². The summed E-state index contributed by atoms with van der Waals surface area (Å²) in [7, 11) is 0. The fourth-order valence-corrected chi connectivity index (χ4v) is 2.62. The summed E-state index contributed by atoms with van der Waals surface area (Å²) < 4.78 is 5.03. The Morgan fingerprint density at radius 2 is 2.29 bits per heavy atom. The molecule has 1 radical (unpaired) electrons. The number of likely N-dealkylation sites (tertiary alicyclic amines) is 1. The molecule has 1 aliphatic heterocycles. The average Bonchev–Trinajstić information content (AvgIpc) is 2.60. The minimum Gasteiger partial charge on any atom is -0.464 e. The number of non-ortho nitro benzene ring substituents is 1. The Labute approximate surface area is 140 Å². The largest absolute Gasteiger partial charge is 0.464 e. The van der Waals surface area contributed by atoms with Gasteiger partial charge in [0.15, 0.2) is 0 Å². The molecular formula is C17H19N2O5. The Morgan fingerprint density at radius 3 is 3.00 bits per heavy atom. The first-order chi connectivity index (χ1) is 11.5.